The van der Waals surface area contributed by atoms with Crippen LogP contribution in [0, 0.1) is 10.1 Å². The van der Waals surface area contributed by atoms with Gasteiger partial charge in [-0.1, -0.05) is 0 Å². The van der Waals surface area contributed by atoms with E-state index >= 15 is 0 Å². The predicted molar refractivity (Wildman–Crippen MR) is 56.9 cm³/mol. The van der Waals surface area contributed by atoms with Crippen molar-refractivity contribution in [1.82, 2.24) is 14.8 Å². The van der Waals surface area contributed by atoms with Crippen LogP contribution in [0.3, 0.4) is 0 Å². The van der Waals surface area contributed by atoms with Gasteiger partial charge in [-0.25, -0.2) is 0 Å². The molecule has 0 spiro atoms. The van der Waals surface area contributed by atoms with Crippen LogP contribution in [0.5, 0.6) is 0 Å². The van der Waals surface area contributed by atoms with Crippen molar-refractivity contribution in [2.24, 2.45) is 0 Å². The molecule has 2 aromatic rings. The largest absolute Gasteiger partial charge is 0.389 e. The molecule has 0 aliphatic carbocycles. The summed E-state index contributed by atoms with van der Waals surface area (Å²) in [5.74, 6) is -0.138. The molecule has 1 atom stereocenters. The zero-order valence-corrected chi connectivity index (χ0v) is 8.65. The van der Waals surface area contributed by atoms with E-state index in [9.17, 15) is 10.1 Å². The van der Waals surface area contributed by atoms with Crippen LogP contribution >= 0.6 is 0 Å². The molecule has 0 N–H and O–H groups in total. The minimum absolute atomic E-state index is 0.0447. The highest BCUT2D eigenvalue weighted by molar-refractivity contribution is 5.19. The molecule has 0 aliphatic rings. The van der Waals surface area contributed by atoms with Crippen molar-refractivity contribution in [2.75, 3.05) is 0 Å². The standard InChI is InChI=1S/C10H10N4O2/c1-8(9-2-5-11-6-3-9)13-7-4-10(12-13)14(15)16/h2-8H,1H3/t8-/m0/s1. The first-order chi connectivity index (χ1) is 7.68. The van der Waals surface area contributed by atoms with Crippen LogP contribution in [0.2, 0.25) is 0 Å². The van der Waals surface area contributed by atoms with Crippen LogP contribution in [0.25, 0.3) is 0 Å². The second-order valence-corrected chi connectivity index (χ2v) is 3.37. The van der Waals surface area contributed by atoms with Crippen LogP contribution in [-0.4, -0.2) is 19.7 Å². The van der Waals surface area contributed by atoms with Gasteiger partial charge in [-0.2, -0.15) is 4.68 Å². The Morgan fingerprint density at radius 3 is 2.62 bits per heavy atom. The predicted octanol–water partition coefficient (Wildman–Crippen LogP) is 1.80. The number of nitro groups is 1. The third-order valence-electron chi connectivity index (χ3n) is 2.37. The number of rotatable bonds is 3. The zero-order chi connectivity index (χ0) is 11.5. The molecule has 0 fully saturated rings. The monoisotopic (exact) mass is 218 g/mol. The number of aromatic nitrogens is 3. The smallest absolute Gasteiger partial charge is 0.358 e. The highest BCUT2D eigenvalue weighted by Gasteiger charge is 2.16. The van der Waals surface area contributed by atoms with E-state index in [2.05, 4.69) is 10.1 Å². The molecule has 16 heavy (non-hydrogen) atoms. The molecule has 0 saturated heterocycles. The van der Waals surface area contributed by atoms with Crippen LogP contribution < -0.4 is 0 Å². The van der Waals surface area contributed by atoms with E-state index in [0.717, 1.165) is 5.56 Å². The lowest BCUT2D eigenvalue weighted by Gasteiger charge is -2.07. The van der Waals surface area contributed by atoms with Crippen LogP contribution in [0.4, 0.5) is 5.82 Å². The van der Waals surface area contributed by atoms with Crippen molar-refractivity contribution < 1.29 is 4.92 Å². The Kier molecular flexibility index (Phi) is 2.63. The summed E-state index contributed by atoms with van der Waals surface area (Å²) >= 11 is 0. The molecule has 0 bridgehead atoms. The van der Waals surface area contributed by atoms with Gasteiger partial charge in [0.25, 0.3) is 0 Å². The molecule has 6 heteroatoms. The van der Waals surface area contributed by atoms with Crippen LogP contribution in [0.15, 0.2) is 36.8 Å². The van der Waals surface area contributed by atoms with Gasteiger partial charge in [-0.3, -0.25) is 4.98 Å². The maximum Gasteiger partial charge on any atom is 0.389 e. The van der Waals surface area contributed by atoms with Crippen molar-refractivity contribution in [3.8, 4) is 0 Å². The van der Waals surface area contributed by atoms with E-state index in [4.69, 9.17) is 0 Å². The van der Waals surface area contributed by atoms with Crippen molar-refractivity contribution in [2.45, 2.75) is 13.0 Å². The first kappa shape index (κ1) is 10.3. The van der Waals surface area contributed by atoms with E-state index in [1.807, 2.05) is 19.1 Å². The Hall–Kier alpha value is -2.24. The van der Waals surface area contributed by atoms with Gasteiger partial charge in [0.2, 0.25) is 0 Å². The molecular weight excluding hydrogens is 208 g/mol. The summed E-state index contributed by atoms with van der Waals surface area (Å²) in [6.07, 6.45) is 4.97. The average molecular weight is 218 g/mol. The molecule has 6 nitrogen and oxygen atoms in total. The van der Waals surface area contributed by atoms with Crippen LogP contribution in [-0.2, 0) is 0 Å². The Balaban J connectivity index is 2.27. The molecule has 2 rings (SSSR count). The SMILES string of the molecule is C[C@@H](c1ccncc1)n1ccc([N+](=O)[O-])n1. The summed E-state index contributed by atoms with van der Waals surface area (Å²) < 4.78 is 1.56. The van der Waals surface area contributed by atoms with Gasteiger partial charge < -0.3 is 10.1 Å². The first-order valence-electron chi connectivity index (χ1n) is 4.78. The summed E-state index contributed by atoms with van der Waals surface area (Å²) in [7, 11) is 0. The van der Waals surface area contributed by atoms with Gasteiger partial charge in [-0.15, -0.1) is 0 Å². The maximum absolute atomic E-state index is 10.5. The highest BCUT2D eigenvalue weighted by atomic mass is 16.6. The average Bonchev–Trinajstić information content (AvgIpc) is 2.78. The Labute approximate surface area is 91.7 Å². The summed E-state index contributed by atoms with van der Waals surface area (Å²) in [6.45, 7) is 1.92. The third-order valence-corrected chi connectivity index (χ3v) is 2.37. The van der Waals surface area contributed by atoms with Gasteiger partial charge in [0, 0.05) is 12.4 Å². The van der Waals surface area contributed by atoms with E-state index in [1.165, 1.54) is 6.07 Å². The van der Waals surface area contributed by atoms with Crippen molar-refractivity contribution in [3.63, 3.8) is 0 Å². The number of nitrogens with zero attached hydrogens (tertiary/aromatic N) is 4. The zero-order valence-electron chi connectivity index (χ0n) is 8.65. The van der Waals surface area contributed by atoms with Crippen LogP contribution in [0.1, 0.15) is 18.5 Å². The number of hydrogen-bond donors (Lipinski definition) is 0. The topological polar surface area (TPSA) is 73.8 Å². The van der Waals surface area contributed by atoms with E-state index in [0.29, 0.717) is 0 Å². The summed E-state index contributed by atoms with van der Waals surface area (Å²) in [6, 6.07) is 5.06. The van der Waals surface area contributed by atoms with Gasteiger partial charge in [0.05, 0.1) is 23.4 Å². The molecule has 2 heterocycles. The second kappa shape index (κ2) is 4.09. The van der Waals surface area contributed by atoms with E-state index < -0.39 is 4.92 Å². The lowest BCUT2D eigenvalue weighted by molar-refractivity contribution is -0.389. The van der Waals surface area contributed by atoms with Gasteiger partial charge in [0.15, 0.2) is 0 Å². The summed E-state index contributed by atoms with van der Waals surface area (Å²) in [4.78, 5) is 13.9. The maximum atomic E-state index is 10.5. The number of hydrogen-bond acceptors (Lipinski definition) is 4. The molecule has 0 saturated carbocycles. The fourth-order valence-electron chi connectivity index (χ4n) is 1.44. The molecular formula is C10H10N4O2. The fraction of sp³-hybridized carbons (Fsp3) is 0.200. The van der Waals surface area contributed by atoms with Gasteiger partial charge >= 0.3 is 5.82 Å². The minimum Gasteiger partial charge on any atom is -0.358 e. The molecule has 82 valence electrons. The minimum atomic E-state index is -0.504. The Morgan fingerprint density at radius 2 is 2.06 bits per heavy atom. The summed E-state index contributed by atoms with van der Waals surface area (Å²) in [5.41, 5.74) is 1.01. The Bertz CT molecular complexity index is 495. The molecule has 0 aromatic carbocycles. The lowest BCUT2D eigenvalue weighted by Crippen LogP contribution is -2.07. The van der Waals surface area contributed by atoms with Crippen molar-refractivity contribution >= 4 is 5.82 Å². The molecule has 0 amide bonds. The molecule has 2 aromatic heterocycles. The van der Waals surface area contributed by atoms with Gasteiger partial charge in [-0.05, 0) is 29.5 Å². The van der Waals surface area contributed by atoms with E-state index in [-0.39, 0.29) is 11.9 Å². The molecule has 0 aliphatic heterocycles. The second-order valence-electron chi connectivity index (χ2n) is 3.37. The first-order valence-corrected chi connectivity index (χ1v) is 4.78. The quantitative estimate of drug-likeness (QED) is 0.581. The molecule has 0 unspecified atom stereocenters. The highest BCUT2D eigenvalue weighted by Crippen LogP contribution is 2.17. The summed E-state index contributed by atoms with van der Waals surface area (Å²) in [5, 5.41) is 14.4. The van der Waals surface area contributed by atoms with Crippen molar-refractivity contribution in [3.05, 3.63) is 52.5 Å². The van der Waals surface area contributed by atoms with Crippen molar-refractivity contribution in [1.29, 1.82) is 0 Å². The Morgan fingerprint density at radius 1 is 1.38 bits per heavy atom. The third kappa shape index (κ3) is 1.90. The normalized spacial score (nSPS) is 12.3. The fourth-order valence-corrected chi connectivity index (χ4v) is 1.44. The van der Waals surface area contributed by atoms with E-state index in [1.54, 1.807) is 23.3 Å². The number of pyridine rings is 1. The molecule has 0 radical (unpaired) electrons. The lowest BCUT2D eigenvalue weighted by atomic mass is 10.1. The van der Waals surface area contributed by atoms with Gasteiger partial charge in [0.1, 0.15) is 0 Å².